The molecule has 1 saturated heterocycles. The summed E-state index contributed by atoms with van der Waals surface area (Å²) in [4.78, 5) is 14.6. The Morgan fingerprint density at radius 1 is 1.52 bits per heavy atom. The van der Waals surface area contributed by atoms with Gasteiger partial charge < -0.3 is 10.2 Å². The fourth-order valence-electron chi connectivity index (χ4n) is 3.04. The van der Waals surface area contributed by atoms with Crippen LogP contribution in [0.5, 0.6) is 0 Å². The molecule has 1 fully saturated rings. The van der Waals surface area contributed by atoms with Crippen molar-refractivity contribution in [3.8, 4) is 0 Å². The van der Waals surface area contributed by atoms with E-state index in [4.69, 9.17) is 0 Å². The van der Waals surface area contributed by atoms with Crippen molar-refractivity contribution in [2.75, 3.05) is 25.0 Å². The first-order valence-electron chi connectivity index (χ1n) is 8.13. The van der Waals surface area contributed by atoms with E-state index in [1.807, 2.05) is 13.2 Å². The van der Waals surface area contributed by atoms with Crippen LogP contribution in [0.1, 0.15) is 39.5 Å². The average Bonchev–Trinajstić information content (AvgIpc) is 2.48. The summed E-state index contributed by atoms with van der Waals surface area (Å²) < 4.78 is 1.58. The minimum Gasteiger partial charge on any atom is -0.370 e. The summed E-state index contributed by atoms with van der Waals surface area (Å²) in [6.45, 7) is 7.12. The Kier molecular flexibility index (Phi) is 5.79. The van der Waals surface area contributed by atoms with E-state index in [9.17, 15) is 4.79 Å². The van der Waals surface area contributed by atoms with Crippen LogP contribution in [0.25, 0.3) is 0 Å². The summed E-state index contributed by atoms with van der Waals surface area (Å²) in [5.74, 6) is 0.694. The van der Waals surface area contributed by atoms with Crippen LogP contribution in [0, 0.1) is 5.92 Å². The second-order valence-corrected chi connectivity index (χ2v) is 6.20. The topological polar surface area (TPSA) is 50.2 Å². The zero-order chi connectivity index (χ0) is 15.2. The Hall–Kier alpha value is -1.36. The highest BCUT2D eigenvalue weighted by Crippen LogP contribution is 2.20. The number of anilines is 1. The second kappa shape index (κ2) is 7.59. The van der Waals surface area contributed by atoms with Gasteiger partial charge in [0.05, 0.1) is 18.4 Å². The third-order valence-corrected chi connectivity index (χ3v) is 4.32. The highest BCUT2D eigenvalue weighted by molar-refractivity contribution is 5.43. The van der Waals surface area contributed by atoms with Gasteiger partial charge in [-0.2, -0.15) is 5.10 Å². The molecule has 0 bridgehead atoms. The molecule has 0 saturated carbocycles. The molecular weight excluding hydrogens is 264 g/mol. The first-order chi connectivity index (χ1) is 10.1. The lowest BCUT2D eigenvalue weighted by molar-refractivity contribution is 0.413. The molecule has 1 aliphatic heterocycles. The van der Waals surface area contributed by atoms with Crippen molar-refractivity contribution in [2.45, 2.75) is 52.1 Å². The average molecular weight is 292 g/mol. The summed E-state index contributed by atoms with van der Waals surface area (Å²) in [6.07, 6.45) is 6.47. The molecule has 2 rings (SSSR count). The maximum atomic E-state index is 12.3. The number of hydrogen-bond donors (Lipinski definition) is 1. The van der Waals surface area contributed by atoms with Crippen LogP contribution in [0.4, 0.5) is 5.69 Å². The van der Waals surface area contributed by atoms with E-state index in [1.54, 1.807) is 10.7 Å². The lowest BCUT2D eigenvalue weighted by Gasteiger charge is -2.32. The molecule has 1 aliphatic rings. The van der Waals surface area contributed by atoms with E-state index in [-0.39, 0.29) is 5.56 Å². The third kappa shape index (κ3) is 4.30. The van der Waals surface area contributed by atoms with Gasteiger partial charge in [0.15, 0.2) is 0 Å². The van der Waals surface area contributed by atoms with Gasteiger partial charge in [-0.25, -0.2) is 4.68 Å². The molecular formula is C16H28N4O. The summed E-state index contributed by atoms with van der Waals surface area (Å²) in [6, 6.07) is 2.05. The molecule has 1 N–H and O–H groups in total. The largest absolute Gasteiger partial charge is 0.370 e. The number of rotatable bonds is 6. The van der Waals surface area contributed by atoms with Gasteiger partial charge in [-0.05, 0) is 32.2 Å². The molecule has 0 spiro atoms. The molecule has 0 radical (unpaired) electrons. The fourth-order valence-corrected chi connectivity index (χ4v) is 3.04. The highest BCUT2D eigenvalue weighted by atomic mass is 16.1. The normalized spacial score (nSPS) is 20.5. The molecule has 0 aliphatic carbocycles. The van der Waals surface area contributed by atoms with Crippen LogP contribution >= 0.6 is 0 Å². The Morgan fingerprint density at radius 2 is 2.33 bits per heavy atom. The minimum absolute atomic E-state index is 0.00193. The first-order valence-corrected chi connectivity index (χ1v) is 8.13. The molecule has 0 amide bonds. The van der Waals surface area contributed by atoms with Crippen molar-refractivity contribution in [1.82, 2.24) is 15.1 Å². The van der Waals surface area contributed by atoms with Crippen LogP contribution in [0.15, 0.2) is 17.1 Å². The first kappa shape index (κ1) is 16.0. The van der Waals surface area contributed by atoms with Crippen LogP contribution in [-0.4, -0.2) is 36.0 Å². The summed E-state index contributed by atoms with van der Waals surface area (Å²) in [5, 5.41) is 7.62. The molecule has 1 aromatic heterocycles. The van der Waals surface area contributed by atoms with Gasteiger partial charge in [0.25, 0.3) is 5.56 Å². The summed E-state index contributed by atoms with van der Waals surface area (Å²) >= 11 is 0. The van der Waals surface area contributed by atoms with E-state index >= 15 is 0 Å². The molecule has 1 aromatic rings. The Labute approximate surface area is 127 Å². The molecule has 5 heteroatoms. The standard InChI is InChI=1S/C16H28N4O/c1-4-6-14(17-3)12-20-16(21)9-15(10-18-20)19-8-5-7-13(2)11-19/h9-10,13-14,17H,4-8,11-12H2,1-3H3. The number of nitrogens with one attached hydrogen (secondary N) is 1. The van der Waals surface area contributed by atoms with E-state index in [1.165, 1.54) is 12.8 Å². The van der Waals surface area contributed by atoms with Gasteiger partial charge >= 0.3 is 0 Å². The number of nitrogens with zero attached hydrogens (tertiary/aromatic N) is 3. The highest BCUT2D eigenvalue weighted by Gasteiger charge is 2.18. The predicted octanol–water partition coefficient (Wildman–Crippen LogP) is 1.87. The number of piperidine rings is 1. The smallest absolute Gasteiger partial charge is 0.268 e. The Bertz CT molecular complexity index is 499. The number of likely N-dealkylation sites (N-methyl/N-ethyl adjacent to an activating group) is 1. The molecule has 0 aromatic carbocycles. The molecule has 2 heterocycles. The predicted molar refractivity (Wildman–Crippen MR) is 86.9 cm³/mol. The van der Waals surface area contributed by atoms with Crippen molar-refractivity contribution in [3.63, 3.8) is 0 Å². The molecule has 5 nitrogen and oxygen atoms in total. The van der Waals surface area contributed by atoms with Gasteiger partial charge in [0, 0.05) is 25.2 Å². The van der Waals surface area contributed by atoms with Crippen molar-refractivity contribution < 1.29 is 0 Å². The zero-order valence-electron chi connectivity index (χ0n) is 13.5. The van der Waals surface area contributed by atoms with Crippen LogP contribution in [0.3, 0.4) is 0 Å². The molecule has 2 unspecified atom stereocenters. The Balaban J connectivity index is 2.08. The van der Waals surface area contributed by atoms with Crippen molar-refractivity contribution >= 4 is 5.69 Å². The number of aromatic nitrogens is 2. The minimum atomic E-state index is 0.00193. The van der Waals surface area contributed by atoms with Gasteiger partial charge in [-0.3, -0.25) is 4.79 Å². The third-order valence-electron chi connectivity index (χ3n) is 4.32. The van der Waals surface area contributed by atoms with Crippen molar-refractivity contribution in [1.29, 1.82) is 0 Å². The van der Waals surface area contributed by atoms with Gasteiger partial charge in [-0.1, -0.05) is 20.3 Å². The van der Waals surface area contributed by atoms with E-state index in [0.29, 0.717) is 18.5 Å². The van der Waals surface area contributed by atoms with Crippen molar-refractivity contribution in [3.05, 3.63) is 22.6 Å². The lowest BCUT2D eigenvalue weighted by Crippen LogP contribution is -2.38. The SMILES string of the molecule is CCCC(Cn1ncc(N2CCCC(C)C2)cc1=O)NC. The van der Waals surface area contributed by atoms with Gasteiger partial charge in [-0.15, -0.1) is 0 Å². The maximum absolute atomic E-state index is 12.3. The number of hydrogen-bond acceptors (Lipinski definition) is 4. The molecule has 21 heavy (non-hydrogen) atoms. The second-order valence-electron chi connectivity index (χ2n) is 6.20. The van der Waals surface area contributed by atoms with Gasteiger partial charge in [0.2, 0.25) is 0 Å². The van der Waals surface area contributed by atoms with Crippen LogP contribution < -0.4 is 15.8 Å². The van der Waals surface area contributed by atoms with Gasteiger partial charge in [0.1, 0.15) is 0 Å². The van der Waals surface area contributed by atoms with Crippen LogP contribution in [-0.2, 0) is 6.54 Å². The van der Waals surface area contributed by atoms with E-state index in [0.717, 1.165) is 31.6 Å². The summed E-state index contributed by atoms with van der Waals surface area (Å²) in [5.41, 5.74) is 0.973. The zero-order valence-corrected chi connectivity index (χ0v) is 13.5. The quantitative estimate of drug-likeness (QED) is 0.869. The van der Waals surface area contributed by atoms with Crippen LogP contribution in [0.2, 0.25) is 0 Å². The Morgan fingerprint density at radius 3 is 2.95 bits per heavy atom. The summed E-state index contributed by atoms with van der Waals surface area (Å²) in [7, 11) is 1.94. The van der Waals surface area contributed by atoms with E-state index in [2.05, 4.69) is 29.2 Å². The molecule has 118 valence electrons. The lowest BCUT2D eigenvalue weighted by atomic mass is 10.00. The van der Waals surface area contributed by atoms with E-state index < -0.39 is 0 Å². The fraction of sp³-hybridized carbons (Fsp3) is 0.750. The monoisotopic (exact) mass is 292 g/mol. The molecule has 2 atom stereocenters. The maximum Gasteiger partial charge on any atom is 0.268 e. The van der Waals surface area contributed by atoms with Crippen molar-refractivity contribution in [2.24, 2.45) is 5.92 Å².